The first kappa shape index (κ1) is 25.3. The lowest BCUT2D eigenvalue weighted by Crippen LogP contribution is -2.74. The van der Waals surface area contributed by atoms with Gasteiger partial charge < -0.3 is 21.7 Å². The van der Waals surface area contributed by atoms with E-state index in [2.05, 4.69) is 0 Å². The first-order valence-electron chi connectivity index (χ1n) is 11.2. The van der Waals surface area contributed by atoms with E-state index in [4.69, 9.17) is 11.5 Å². The van der Waals surface area contributed by atoms with E-state index >= 15 is 0 Å². The van der Waals surface area contributed by atoms with Crippen LogP contribution < -0.4 is 11.5 Å². The normalized spacial score (nSPS) is 31.5. The zero-order valence-corrected chi connectivity index (χ0v) is 19.7. The number of hydrogen-bond acceptors (Lipinski definition) is 10. The lowest BCUT2D eigenvalue weighted by molar-refractivity contribution is -0.181. The summed E-state index contributed by atoms with van der Waals surface area (Å²) in [4.78, 5) is 91.2. The third-order valence-corrected chi connectivity index (χ3v) is 7.71. The van der Waals surface area contributed by atoms with Crippen molar-refractivity contribution in [1.29, 1.82) is 0 Å². The van der Waals surface area contributed by atoms with E-state index in [1.807, 2.05) is 0 Å². The molecular weight excluding hydrogens is 474 g/mol. The largest absolute Gasteiger partial charge is 0.506 e. The van der Waals surface area contributed by atoms with Crippen LogP contribution in [-0.2, 0) is 25.6 Å². The Kier molecular flexibility index (Phi) is 5.72. The van der Waals surface area contributed by atoms with Crippen LogP contribution >= 0.6 is 0 Å². The van der Waals surface area contributed by atoms with Gasteiger partial charge in [0.05, 0.1) is 23.1 Å². The second kappa shape index (κ2) is 8.14. The predicted octanol–water partition coefficient (Wildman–Crippen LogP) is -1.83. The number of rotatable bonds is 4. The number of nitrogens with two attached hydrogens (primary N) is 2. The lowest BCUT2D eigenvalue weighted by atomic mass is 9.52. The summed E-state index contributed by atoms with van der Waals surface area (Å²) in [5, 5.41) is 22.2. The van der Waals surface area contributed by atoms with Crippen molar-refractivity contribution in [3.63, 3.8) is 0 Å². The van der Waals surface area contributed by atoms with Crippen LogP contribution in [-0.4, -0.2) is 81.6 Å². The molecule has 0 bridgehead atoms. The zero-order valence-electron chi connectivity index (χ0n) is 19.7. The molecule has 6 atom stereocenters. The number of nitrogens with zero attached hydrogens (tertiary/aromatic N) is 1. The van der Waals surface area contributed by atoms with Crippen molar-refractivity contribution in [2.75, 3.05) is 14.1 Å². The van der Waals surface area contributed by atoms with Crippen molar-refractivity contribution in [2.24, 2.45) is 35.1 Å². The van der Waals surface area contributed by atoms with Gasteiger partial charge in [0, 0.05) is 11.5 Å². The molecule has 2 fully saturated rings. The van der Waals surface area contributed by atoms with Crippen molar-refractivity contribution >= 4 is 40.7 Å². The Labute approximate surface area is 204 Å². The topological polar surface area (TPSA) is 215 Å². The molecule has 36 heavy (non-hydrogen) atoms. The highest BCUT2D eigenvalue weighted by molar-refractivity contribution is 6.32. The summed E-state index contributed by atoms with van der Waals surface area (Å²) < 4.78 is 0. The minimum absolute atomic E-state index is 0.0366. The van der Waals surface area contributed by atoms with Gasteiger partial charge in [0.15, 0.2) is 40.4 Å². The van der Waals surface area contributed by atoms with E-state index in [0.29, 0.717) is 0 Å². The Bertz CT molecular complexity index is 1300. The van der Waals surface area contributed by atoms with Crippen LogP contribution in [0, 0.1) is 23.7 Å². The molecule has 3 aliphatic rings. The zero-order chi connectivity index (χ0) is 27.0. The molecule has 190 valence electrons. The highest BCUT2D eigenvalue weighted by atomic mass is 16.3. The minimum atomic E-state index is -2.86. The molecule has 2 unspecified atom stereocenters. The van der Waals surface area contributed by atoms with Gasteiger partial charge in [-0.3, -0.25) is 38.5 Å². The van der Waals surface area contributed by atoms with E-state index in [-0.39, 0.29) is 24.0 Å². The fraction of sp³-hybridized carbons (Fsp3) is 0.458. The van der Waals surface area contributed by atoms with Crippen LogP contribution in [0.25, 0.3) is 0 Å². The monoisotopic (exact) mass is 499 g/mol. The molecule has 0 aromatic heterocycles. The summed E-state index contributed by atoms with van der Waals surface area (Å²) in [5.41, 5.74) is 6.83. The minimum Gasteiger partial charge on any atom is -0.506 e. The lowest BCUT2D eigenvalue weighted by Gasteiger charge is -2.52. The molecule has 12 nitrogen and oxygen atoms in total. The van der Waals surface area contributed by atoms with Crippen LogP contribution in [0.4, 0.5) is 0 Å². The van der Waals surface area contributed by atoms with Crippen LogP contribution in [0.5, 0.6) is 5.75 Å². The van der Waals surface area contributed by atoms with Gasteiger partial charge in [-0.1, -0.05) is 0 Å². The molecule has 0 radical (unpaired) electrons. The van der Waals surface area contributed by atoms with E-state index in [1.165, 1.54) is 25.9 Å². The first-order valence-corrected chi connectivity index (χ1v) is 11.2. The molecule has 0 aliphatic heterocycles. The third-order valence-electron chi connectivity index (χ3n) is 7.71. The summed E-state index contributed by atoms with van der Waals surface area (Å²) in [7, 11) is 2.96. The number of carbonyl (C=O) groups is 7. The van der Waals surface area contributed by atoms with Crippen LogP contribution in [0.3, 0.4) is 0 Å². The number of benzene rings is 1. The third kappa shape index (κ3) is 3.17. The molecule has 1 aromatic rings. The molecule has 2 amide bonds. The van der Waals surface area contributed by atoms with E-state index < -0.39 is 92.9 Å². The Balaban J connectivity index is 1.93. The van der Waals surface area contributed by atoms with Crippen LogP contribution in [0.1, 0.15) is 50.0 Å². The number of carbonyl (C=O) groups excluding carboxylic acids is 7. The Morgan fingerprint density at radius 2 is 1.67 bits per heavy atom. The fourth-order valence-electron chi connectivity index (χ4n) is 6.17. The van der Waals surface area contributed by atoms with Crippen molar-refractivity contribution < 1.29 is 43.8 Å². The number of amides is 2. The summed E-state index contributed by atoms with van der Waals surface area (Å²) >= 11 is 0. The van der Waals surface area contributed by atoms with E-state index in [9.17, 15) is 43.8 Å². The molecule has 3 aliphatic carbocycles. The summed E-state index contributed by atoms with van der Waals surface area (Å²) in [6.45, 7) is 1.20. The average Bonchev–Trinajstić information content (AvgIpc) is 2.75. The summed E-state index contributed by atoms with van der Waals surface area (Å²) in [6, 6.07) is -0.147. The molecule has 12 heteroatoms. The maximum Gasteiger partial charge on any atom is 0.252 e. The second-order valence-electron chi connectivity index (χ2n) is 9.88. The Hall–Kier alpha value is -3.77. The summed E-state index contributed by atoms with van der Waals surface area (Å²) in [6.07, 6.45) is -0.243. The fourth-order valence-corrected chi connectivity index (χ4v) is 6.17. The Morgan fingerprint density at radius 1 is 1.06 bits per heavy atom. The number of phenols is 1. The van der Waals surface area contributed by atoms with E-state index in [0.717, 1.165) is 6.07 Å². The SMILES string of the molecule is CC(=O)c1cc(C(N)=O)c(O)c2c1C[C@H]1C[C@H]3[C@H](N(C)C)C(=O)C(C(N)=O)C(=O)[C@@]3(O)C(=O)C1C2=O. The quantitative estimate of drug-likeness (QED) is 0.268. The number of primary amides is 2. The highest BCUT2D eigenvalue weighted by Gasteiger charge is 2.69. The summed E-state index contributed by atoms with van der Waals surface area (Å²) in [5.74, 6) is -14.1. The second-order valence-corrected chi connectivity index (χ2v) is 9.88. The first-order chi connectivity index (χ1) is 16.7. The van der Waals surface area contributed by atoms with Gasteiger partial charge in [0.1, 0.15) is 5.75 Å². The number of aromatic hydroxyl groups is 1. The Morgan fingerprint density at radius 3 is 2.17 bits per heavy atom. The maximum atomic E-state index is 13.7. The molecular formula is C24H25N3O9. The molecule has 0 spiro atoms. The van der Waals surface area contributed by atoms with Gasteiger partial charge >= 0.3 is 0 Å². The highest BCUT2D eigenvalue weighted by Crippen LogP contribution is 2.51. The number of ketones is 5. The number of hydrogen-bond donors (Lipinski definition) is 4. The van der Waals surface area contributed by atoms with Gasteiger partial charge in [-0.15, -0.1) is 0 Å². The molecule has 6 N–H and O–H groups in total. The maximum absolute atomic E-state index is 13.7. The predicted molar refractivity (Wildman–Crippen MR) is 120 cm³/mol. The van der Waals surface area contributed by atoms with Gasteiger partial charge in [0.2, 0.25) is 5.91 Å². The molecule has 0 saturated heterocycles. The number of fused-ring (bicyclic) bond motifs is 3. The molecule has 0 heterocycles. The van der Waals surface area contributed by atoms with Crippen molar-refractivity contribution in [3.05, 3.63) is 28.3 Å². The standard InChI is InChI=1S/C24H25N3O9/c1-7(28)9-6-11(22(25)34)17(29)14-10(9)4-8-5-12-16(27(2)3)19(31)15(23(26)35)21(33)24(12,36)20(32)13(8)18(14)30/h6,8,12-13,15-16,29,36H,4-5H2,1-3H3,(H2,25,34)(H2,26,35)/t8-,12-,13?,15?,16-,24-/m0/s1. The van der Waals surface area contributed by atoms with E-state index in [1.54, 1.807) is 0 Å². The molecule has 1 aromatic carbocycles. The molecule has 2 saturated carbocycles. The van der Waals surface area contributed by atoms with Gasteiger partial charge in [0.25, 0.3) is 5.91 Å². The smallest absolute Gasteiger partial charge is 0.252 e. The number of Topliss-reactive ketones (excluding diaryl/α,β-unsaturated/α-hetero) is 5. The van der Waals surface area contributed by atoms with Crippen molar-refractivity contribution in [2.45, 2.75) is 31.4 Å². The van der Waals surface area contributed by atoms with Gasteiger partial charge in [-0.2, -0.15) is 0 Å². The molecule has 4 rings (SSSR count). The number of aliphatic hydroxyl groups is 1. The van der Waals surface area contributed by atoms with Crippen molar-refractivity contribution in [3.8, 4) is 5.75 Å². The van der Waals surface area contributed by atoms with Crippen molar-refractivity contribution in [1.82, 2.24) is 4.90 Å². The van der Waals surface area contributed by atoms with Crippen LogP contribution in [0.15, 0.2) is 6.07 Å². The number of likely N-dealkylation sites (N-methyl/N-ethyl adjacent to an activating group) is 1. The van der Waals surface area contributed by atoms with Gasteiger partial charge in [-0.05, 0) is 51.4 Å². The van der Waals surface area contributed by atoms with Crippen LogP contribution in [0.2, 0.25) is 0 Å². The average molecular weight is 499 g/mol. The van der Waals surface area contributed by atoms with Gasteiger partial charge in [-0.25, -0.2) is 0 Å².